The molecule has 1 amide bonds. The summed E-state index contributed by atoms with van der Waals surface area (Å²) in [6, 6.07) is 14.5. The fraction of sp³-hybridized carbons (Fsp3) is 0.167. The Morgan fingerprint density at radius 3 is 2.44 bits per heavy atom. The monoisotopic (exact) mass is 447 g/mol. The van der Waals surface area contributed by atoms with E-state index in [2.05, 4.69) is 40.4 Å². The first kappa shape index (κ1) is 21.7. The van der Waals surface area contributed by atoms with E-state index in [1.165, 1.54) is 23.4 Å². The number of hydrogen-bond acceptors (Lipinski definition) is 5. The van der Waals surface area contributed by atoms with Crippen LogP contribution in [0.3, 0.4) is 0 Å². The molecule has 0 spiro atoms. The summed E-state index contributed by atoms with van der Waals surface area (Å²) in [5.74, 6) is 0.166. The molecule has 0 atom stereocenters. The number of halogens is 1. The van der Waals surface area contributed by atoms with Gasteiger partial charge >= 0.3 is 0 Å². The predicted octanol–water partition coefficient (Wildman–Crippen LogP) is 5.12. The lowest BCUT2D eigenvalue weighted by molar-refractivity contribution is -0.113. The highest BCUT2D eigenvalue weighted by Gasteiger charge is 2.18. The van der Waals surface area contributed by atoms with Gasteiger partial charge in [-0.05, 0) is 73.9 Å². The molecule has 8 heteroatoms. The van der Waals surface area contributed by atoms with Crippen molar-refractivity contribution in [1.29, 1.82) is 0 Å². The van der Waals surface area contributed by atoms with E-state index in [1.54, 1.807) is 31.5 Å². The van der Waals surface area contributed by atoms with Crippen molar-refractivity contribution < 1.29 is 9.18 Å². The Labute approximate surface area is 189 Å². The fourth-order valence-electron chi connectivity index (χ4n) is 3.15. The zero-order valence-electron chi connectivity index (χ0n) is 18.0. The number of aryl methyl sites for hydroxylation is 3. The Kier molecular flexibility index (Phi) is 6.32. The molecule has 0 bridgehead atoms. The summed E-state index contributed by atoms with van der Waals surface area (Å²) < 4.78 is 15.7. The second-order valence-electron chi connectivity index (χ2n) is 7.45. The highest BCUT2D eigenvalue weighted by Crippen LogP contribution is 2.29. The minimum absolute atomic E-state index is 0.106. The average molecular weight is 448 g/mol. The maximum atomic E-state index is 13.8. The van der Waals surface area contributed by atoms with Crippen molar-refractivity contribution in [3.8, 4) is 17.1 Å². The van der Waals surface area contributed by atoms with Crippen LogP contribution in [0.15, 0.2) is 66.1 Å². The van der Waals surface area contributed by atoms with Crippen LogP contribution in [0.25, 0.3) is 17.1 Å². The molecule has 0 aliphatic carbocycles. The van der Waals surface area contributed by atoms with E-state index in [1.807, 2.05) is 28.8 Å². The van der Waals surface area contributed by atoms with Crippen LogP contribution in [-0.2, 0) is 4.79 Å². The summed E-state index contributed by atoms with van der Waals surface area (Å²) in [6.07, 6.45) is 3.41. The first-order chi connectivity index (χ1) is 15.4. The number of rotatable bonds is 6. The summed E-state index contributed by atoms with van der Waals surface area (Å²) in [4.78, 5) is 16.6. The maximum absolute atomic E-state index is 13.8. The van der Waals surface area contributed by atoms with Crippen LogP contribution < -0.4 is 5.32 Å². The van der Waals surface area contributed by atoms with Gasteiger partial charge in [-0.3, -0.25) is 14.3 Å². The Balaban J connectivity index is 1.60. The van der Waals surface area contributed by atoms with Gasteiger partial charge < -0.3 is 5.32 Å². The lowest BCUT2D eigenvalue weighted by Gasteiger charge is -2.12. The Hall–Kier alpha value is -3.52. The molecule has 2 aromatic carbocycles. The second-order valence-corrected chi connectivity index (χ2v) is 8.39. The van der Waals surface area contributed by atoms with Crippen molar-refractivity contribution in [2.45, 2.75) is 25.9 Å². The third-order valence-corrected chi connectivity index (χ3v) is 6.04. The number of carbonyl (C=O) groups excluding carboxylic acids is 1. The number of pyridine rings is 1. The fourth-order valence-corrected chi connectivity index (χ4v) is 3.90. The van der Waals surface area contributed by atoms with Gasteiger partial charge in [0.2, 0.25) is 5.91 Å². The summed E-state index contributed by atoms with van der Waals surface area (Å²) in [7, 11) is 0. The third kappa shape index (κ3) is 4.70. The van der Waals surface area contributed by atoms with Crippen molar-refractivity contribution in [3.05, 3.63) is 83.4 Å². The zero-order valence-corrected chi connectivity index (χ0v) is 18.8. The number of aromatic nitrogens is 4. The first-order valence-electron chi connectivity index (χ1n) is 10.0. The molecule has 32 heavy (non-hydrogen) atoms. The molecule has 2 heterocycles. The molecule has 1 N–H and O–H groups in total. The molecule has 4 rings (SSSR count). The standard InChI is InChI=1S/C24H22FN5OS/c1-15-5-7-20(12-17(15)3)30-23(18-8-10-26-11-9-18)28-29-24(30)32-14-22(31)27-19-6-4-16(2)21(25)13-19/h4-13H,14H2,1-3H3,(H,27,31). The van der Waals surface area contributed by atoms with Gasteiger partial charge in [-0.1, -0.05) is 23.9 Å². The maximum Gasteiger partial charge on any atom is 0.234 e. The number of nitrogens with zero attached hydrogens (tertiary/aromatic N) is 4. The smallest absolute Gasteiger partial charge is 0.234 e. The molecule has 0 saturated heterocycles. The van der Waals surface area contributed by atoms with Crippen LogP contribution in [0.1, 0.15) is 16.7 Å². The summed E-state index contributed by atoms with van der Waals surface area (Å²) in [6.45, 7) is 5.79. The van der Waals surface area contributed by atoms with Gasteiger partial charge in [0.25, 0.3) is 0 Å². The number of benzene rings is 2. The number of carbonyl (C=O) groups is 1. The molecule has 0 aliphatic heterocycles. The predicted molar refractivity (Wildman–Crippen MR) is 125 cm³/mol. The van der Waals surface area contributed by atoms with Crippen molar-refractivity contribution in [1.82, 2.24) is 19.7 Å². The van der Waals surface area contributed by atoms with Crippen LogP contribution in [0.5, 0.6) is 0 Å². The van der Waals surface area contributed by atoms with E-state index >= 15 is 0 Å². The van der Waals surface area contributed by atoms with Gasteiger partial charge in [0.05, 0.1) is 11.4 Å². The van der Waals surface area contributed by atoms with Crippen LogP contribution in [0.2, 0.25) is 0 Å². The number of hydrogen-bond donors (Lipinski definition) is 1. The second kappa shape index (κ2) is 9.32. The minimum Gasteiger partial charge on any atom is -0.325 e. The highest BCUT2D eigenvalue weighted by atomic mass is 32.2. The molecule has 4 aromatic rings. The first-order valence-corrected chi connectivity index (χ1v) is 11.0. The van der Waals surface area contributed by atoms with Gasteiger partial charge in [-0.25, -0.2) is 4.39 Å². The van der Waals surface area contributed by atoms with Gasteiger partial charge in [-0.15, -0.1) is 10.2 Å². The summed E-state index contributed by atoms with van der Waals surface area (Å²) in [5, 5.41) is 12.0. The van der Waals surface area contributed by atoms with E-state index in [0.29, 0.717) is 22.2 Å². The van der Waals surface area contributed by atoms with Crippen LogP contribution in [-0.4, -0.2) is 31.4 Å². The molecule has 6 nitrogen and oxygen atoms in total. The van der Waals surface area contributed by atoms with E-state index in [4.69, 9.17) is 0 Å². The van der Waals surface area contributed by atoms with Crippen LogP contribution >= 0.6 is 11.8 Å². The van der Waals surface area contributed by atoms with Crippen LogP contribution in [0, 0.1) is 26.6 Å². The van der Waals surface area contributed by atoms with Gasteiger partial charge in [0.15, 0.2) is 11.0 Å². The molecule has 162 valence electrons. The Bertz CT molecular complexity index is 1270. The minimum atomic E-state index is -0.355. The SMILES string of the molecule is Cc1ccc(-n2c(SCC(=O)Nc3ccc(C)c(F)c3)nnc2-c2ccncc2)cc1C. The lowest BCUT2D eigenvalue weighted by Crippen LogP contribution is -2.14. The van der Waals surface area contributed by atoms with Gasteiger partial charge in [0.1, 0.15) is 5.82 Å². The molecule has 0 saturated carbocycles. The van der Waals surface area contributed by atoms with Crippen molar-refractivity contribution in [2.75, 3.05) is 11.1 Å². The van der Waals surface area contributed by atoms with Crippen molar-refractivity contribution >= 4 is 23.4 Å². The largest absolute Gasteiger partial charge is 0.325 e. The van der Waals surface area contributed by atoms with Crippen molar-refractivity contribution in [2.24, 2.45) is 0 Å². The molecular formula is C24H22FN5OS. The molecule has 0 fully saturated rings. The third-order valence-electron chi connectivity index (χ3n) is 5.11. The van der Waals surface area contributed by atoms with Gasteiger partial charge in [0, 0.05) is 23.6 Å². The van der Waals surface area contributed by atoms with E-state index in [0.717, 1.165) is 16.8 Å². The van der Waals surface area contributed by atoms with Crippen molar-refractivity contribution in [3.63, 3.8) is 0 Å². The molecule has 0 unspecified atom stereocenters. The number of nitrogens with one attached hydrogen (secondary N) is 1. The molecule has 0 aliphatic rings. The Morgan fingerprint density at radius 1 is 0.969 bits per heavy atom. The van der Waals surface area contributed by atoms with E-state index in [-0.39, 0.29) is 17.5 Å². The Morgan fingerprint density at radius 2 is 1.72 bits per heavy atom. The molecule has 2 aromatic heterocycles. The normalized spacial score (nSPS) is 10.9. The topological polar surface area (TPSA) is 72.7 Å². The van der Waals surface area contributed by atoms with E-state index in [9.17, 15) is 9.18 Å². The molecular weight excluding hydrogens is 425 g/mol. The average Bonchev–Trinajstić information content (AvgIpc) is 3.21. The number of amides is 1. The summed E-state index contributed by atoms with van der Waals surface area (Å²) in [5.41, 5.74) is 5.07. The number of anilines is 1. The number of thioether (sulfide) groups is 1. The highest BCUT2D eigenvalue weighted by molar-refractivity contribution is 7.99. The van der Waals surface area contributed by atoms with Gasteiger partial charge in [-0.2, -0.15) is 0 Å². The quantitative estimate of drug-likeness (QED) is 0.415. The zero-order chi connectivity index (χ0) is 22.7. The molecule has 0 radical (unpaired) electrons. The lowest BCUT2D eigenvalue weighted by atomic mass is 10.1. The summed E-state index contributed by atoms with van der Waals surface area (Å²) >= 11 is 1.27. The van der Waals surface area contributed by atoms with Crippen LogP contribution in [0.4, 0.5) is 10.1 Å². The van der Waals surface area contributed by atoms with E-state index < -0.39 is 0 Å².